The van der Waals surface area contributed by atoms with Crippen LogP contribution in [0.5, 0.6) is 0 Å². The number of halogens is 3. The van der Waals surface area contributed by atoms with E-state index in [9.17, 15) is 18.0 Å². The van der Waals surface area contributed by atoms with Crippen LogP contribution in [0.15, 0.2) is 37.3 Å². The topological polar surface area (TPSA) is 96.7 Å². The monoisotopic (exact) mass is 459 g/mol. The van der Waals surface area contributed by atoms with Gasteiger partial charge in [0, 0.05) is 10.9 Å². The SMILES string of the molecule is CC(Sc1nnc(NCC(F)(F)F)s1)c1nc2scc(-c3ccco3)c2c(=O)[nH]1. The molecule has 0 aliphatic heterocycles. The van der Waals surface area contributed by atoms with Crippen molar-refractivity contribution in [3.05, 3.63) is 40.0 Å². The third kappa shape index (κ3) is 4.46. The van der Waals surface area contributed by atoms with Gasteiger partial charge in [-0.3, -0.25) is 4.79 Å². The number of aromatic nitrogens is 4. The summed E-state index contributed by atoms with van der Waals surface area (Å²) < 4.78 is 42.7. The van der Waals surface area contributed by atoms with Crippen LogP contribution >= 0.6 is 34.4 Å². The Bertz CT molecular complexity index is 1180. The van der Waals surface area contributed by atoms with Crippen LogP contribution in [0.2, 0.25) is 0 Å². The van der Waals surface area contributed by atoms with E-state index in [0.29, 0.717) is 31.7 Å². The van der Waals surface area contributed by atoms with Crippen molar-refractivity contribution in [2.45, 2.75) is 22.7 Å². The van der Waals surface area contributed by atoms with Crippen LogP contribution in [0.25, 0.3) is 21.5 Å². The van der Waals surface area contributed by atoms with E-state index in [1.165, 1.54) is 29.4 Å². The molecule has 1 atom stereocenters. The van der Waals surface area contributed by atoms with Crippen molar-refractivity contribution in [1.29, 1.82) is 0 Å². The molecule has 4 aromatic heterocycles. The average Bonchev–Trinajstić information content (AvgIpc) is 3.39. The molecule has 0 radical (unpaired) electrons. The molecule has 0 fully saturated rings. The number of hydrogen-bond acceptors (Lipinski definition) is 9. The van der Waals surface area contributed by atoms with Crippen molar-refractivity contribution < 1.29 is 17.6 Å². The number of aromatic amines is 1. The summed E-state index contributed by atoms with van der Waals surface area (Å²) in [6.45, 7) is 0.643. The second-order valence-electron chi connectivity index (χ2n) is 5.86. The van der Waals surface area contributed by atoms with Gasteiger partial charge in [0.05, 0.1) is 16.9 Å². The molecule has 0 aliphatic rings. The van der Waals surface area contributed by atoms with E-state index >= 15 is 0 Å². The summed E-state index contributed by atoms with van der Waals surface area (Å²) in [7, 11) is 0. The van der Waals surface area contributed by atoms with E-state index in [1.54, 1.807) is 12.1 Å². The maximum Gasteiger partial charge on any atom is 0.405 e. The minimum absolute atomic E-state index is 0.0790. The quantitative estimate of drug-likeness (QED) is 0.395. The third-order valence-electron chi connectivity index (χ3n) is 3.76. The molecule has 0 saturated heterocycles. The summed E-state index contributed by atoms with van der Waals surface area (Å²) in [5.74, 6) is 1.03. The fourth-order valence-corrected chi connectivity index (χ4v) is 5.37. The predicted octanol–water partition coefficient (Wildman–Crippen LogP) is 4.92. The van der Waals surface area contributed by atoms with Crippen molar-refractivity contribution in [2.75, 3.05) is 11.9 Å². The van der Waals surface area contributed by atoms with Crippen molar-refractivity contribution in [2.24, 2.45) is 0 Å². The first kappa shape index (κ1) is 19.9. The Kier molecular flexibility index (Phi) is 5.36. The van der Waals surface area contributed by atoms with E-state index in [1.807, 2.05) is 12.3 Å². The van der Waals surface area contributed by atoms with Gasteiger partial charge in [0.1, 0.15) is 23.0 Å². The van der Waals surface area contributed by atoms with Crippen molar-refractivity contribution >= 4 is 49.8 Å². The molecule has 7 nitrogen and oxygen atoms in total. The van der Waals surface area contributed by atoms with Crippen LogP contribution < -0.4 is 10.9 Å². The van der Waals surface area contributed by atoms with E-state index < -0.39 is 12.7 Å². The molecule has 2 N–H and O–H groups in total. The van der Waals surface area contributed by atoms with Crippen LogP contribution in [0.1, 0.15) is 18.0 Å². The highest BCUT2D eigenvalue weighted by atomic mass is 32.2. The Morgan fingerprint density at radius 2 is 2.21 bits per heavy atom. The largest absolute Gasteiger partial charge is 0.464 e. The molecule has 0 aliphatic carbocycles. The van der Waals surface area contributed by atoms with Crippen molar-refractivity contribution in [3.8, 4) is 11.3 Å². The normalized spacial score (nSPS) is 13.1. The van der Waals surface area contributed by atoms with Crippen LogP contribution in [0, 0.1) is 0 Å². The van der Waals surface area contributed by atoms with Gasteiger partial charge in [-0.2, -0.15) is 13.2 Å². The lowest BCUT2D eigenvalue weighted by Crippen LogP contribution is -2.21. The number of furan rings is 1. The van der Waals surface area contributed by atoms with E-state index in [2.05, 4.69) is 25.5 Å². The Morgan fingerprint density at radius 1 is 1.38 bits per heavy atom. The van der Waals surface area contributed by atoms with Gasteiger partial charge in [-0.1, -0.05) is 23.1 Å². The highest BCUT2D eigenvalue weighted by molar-refractivity contribution is 8.01. The number of rotatable bonds is 6. The van der Waals surface area contributed by atoms with Gasteiger partial charge in [-0.05, 0) is 19.1 Å². The molecule has 29 heavy (non-hydrogen) atoms. The molecule has 0 aromatic carbocycles. The van der Waals surface area contributed by atoms with Gasteiger partial charge < -0.3 is 14.7 Å². The Morgan fingerprint density at radius 3 is 2.93 bits per heavy atom. The van der Waals surface area contributed by atoms with Gasteiger partial charge in [0.15, 0.2) is 4.34 Å². The Hall–Kier alpha value is -2.38. The highest BCUT2D eigenvalue weighted by Gasteiger charge is 2.27. The van der Waals surface area contributed by atoms with Gasteiger partial charge in [0.25, 0.3) is 5.56 Å². The molecule has 1 unspecified atom stereocenters. The number of nitrogens with one attached hydrogen (secondary N) is 2. The lowest BCUT2D eigenvalue weighted by Gasteiger charge is -2.08. The number of thiophene rings is 1. The molecular formula is C16H12F3N5O2S3. The zero-order chi connectivity index (χ0) is 20.6. The van der Waals surface area contributed by atoms with Gasteiger partial charge in [-0.15, -0.1) is 21.5 Å². The second kappa shape index (κ2) is 7.80. The zero-order valence-electron chi connectivity index (χ0n) is 14.6. The fraction of sp³-hybridized carbons (Fsp3) is 0.250. The van der Waals surface area contributed by atoms with Crippen LogP contribution in [-0.4, -0.2) is 32.9 Å². The number of hydrogen-bond donors (Lipinski definition) is 2. The first-order valence-corrected chi connectivity index (χ1v) is 10.7. The number of anilines is 1. The zero-order valence-corrected chi connectivity index (χ0v) is 17.1. The molecule has 0 amide bonds. The molecule has 0 spiro atoms. The molecule has 4 rings (SSSR count). The summed E-state index contributed by atoms with van der Waals surface area (Å²) in [6.07, 6.45) is -2.80. The Balaban J connectivity index is 1.53. The molecule has 0 saturated carbocycles. The summed E-state index contributed by atoms with van der Waals surface area (Å²) in [4.78, 5) is 20.5. The predicted molar refractivity (Wildman–Crippen MR) is 107 cm³/mol. The molecule has 4 aromatic rings. The third-order valence-corrected chi connectivity index (χ3v) is 6.70. The molecule has 0 bridgehead atoms. The van der Waals surface area contributed by atoms with Crippen molar-refractivity contribution in [1.82, 2.24) is 20.2 Å². The molecule has 13 heteroatoms. The first-order valence-electron chi connectivity index (χ1n) is 8.16. The summed E-state index contributed by atoms with van der Waals surface area (Å²) in [6, 6.07) is 3.51. The van der Waals surface area contributed by atoms with Crippen LogP contribution in [-0.2, 0) is 0 Å². The first-order chi connectivity index (χ1) is 13.8. The molecule has 152 valence electrons. The summed E-state index contributed by atoms with van der Waals surface area (Å²) in [5, 5.41) is 11.8. The summed E-state index contributed by atoms with van der Waals surface area (Å²) in [5.41, 5.74) is 0.398. The maximum absolute atomic E-state index is 12.6. The average molecular weight is 460 g/mol. The van der Waals surface area contributed by atoms with E-state index in [0.717, 1.165) is 11.3 Å². The smallest absolute Gasteiger partial charge is 0.405 e. The van der Waals surface area contributed by atoms with Crippen LogP contribution in [0.3, 0.4) is 0 Å². The number of H-pyrrole nitrogens is 1. The van der Waals surface area contributed by atoms with Gasteiger partial charge >= 0.3 is 6.18 Å². The number of nitrogens with zero attached hydrogens (tertiary/aromatic N) is 3. The lowest BCUT2D eigenvalue weighted by atomic mass is 10.2. The number of fused-ring (bicyclic) bond motifs is 1. The van der Waals surface area contributed by atoms with Crippen LogP contribution in [0.4, 0.5) is 18.3 Å². The highest BCUT2D eigenvalue weighted by Crippen LogP contribution is 2.37. The maximum atomic E-state index is 12.6. The minimum atomic E-state index is -4.33. The van der Waals surface area contributed by atoms with Gasteiger partial charge in [-0.25, -0.2) is 4.98 Å². The van der Waals surface area contributed by atoms with E-state index in [4.69, 9.17) is 4.42 Å². The van der Waals surface area contributed by atoms with Gasteiger partial charge in [0.2, 0.25) is 5.13 Å². The van der Waals surface area contributed by atoms with E-state index in [-0.39, 0.29) is 15.9 Å². The Labute approximate surface area is 173 Å². The number of thioether (sulfide) groups is 1. The lowest BCUT2D eigenvalue weighted by molar-refractivity contribution is -0.115. The summed E-state index contributed by atoms with van der Waals surface area (Å²) >= 11 is 3.59. The second-order valence-corrected chi connectivity index (χ2v) is 9.28. The standard InChI is InChI=1S/C16H12F3N5O2S3/c1-7(28-15-24-23-14(29-15)20-6-16(17,18)19)11-21-12(25)10-8(5-27-13(10)22-11)9-3-2-4-26-9/h2-5,7H,6H2,1H3,(H,20,23)(H,21,22,25). The fourth-order valence-electron chi connectivity index (χ4n) is 2.48. The molecular weight excluding hydrogens is 447 g/mol. The minimum Gasteiger partial charge on any atom is -0.464 e. The number of alkyl halides is 3. The molecule has 4 heterocycles. The van der Waals surface area contributed by atoms with Crippen molar-refractivity contribution in [3.63, 3.8) is 0 Å².